The maximum Gasteiger partial charge on any atom is 0.145 e. The van der Waals surface area contributed by atoms with E-state index in [0.717, 1.165) is 24.3 Å². The fourth-order valence-corrected chi connectivity index (χ4v) is 2.68. The maximum absolute atomic E-state index is 6.33. The molecule has 0 spiro atoms. The number of aromatic nitrogens is 3. The summed E-state index contributed by atoms with van der Waals surface area (Å²) in [6.07, 6.45) is 4.63. The van der Waals surface area contributed by atoms with E-state index in [1.54, 1.807) is 12.3 Å². The Balaban J connectivity index is 2.15. The van der Waals surface area contributed by atoms with Crippen molar-refractivity contribution in [1.29, 1.82) is 0 Å². The molecule has 0 saturated heterocycles. The lowest BCUT2D eigenvalue weighted by Crippen LogP contribution is -2.04. The first kappa shape index (κ1) is 14.2. The predicted molar refractivity (Wildman–Crippen MR) is 87.2 cm³/mol. The highest BCUT2D eigenvalue weighted by atomic mass is 35.5. The Kier molecular flexibility index (Phi) is 3.99. The second-order valence-electron chi connectivity index (χ2n) is 4.64. The highest BCUT2D eigenvalue weighted by Crippen LogP contribution is 2.32. The smallest absolute Gasteiger partial charge is 0.145 e. The molecule has 0 bridgehead atoms. The molecule has 3 aromatic heterocycles. The molecule has 0 unspecified atom stereocenters. The van der Waals surface area contributed by atoms with Crippen LogP contribution in [0.15, 0.2) is 36.7 Å². The molecular weight excluding hydrogens is 307 g/mol. The third-order valence-corrected chi connectivity index (χ3v) is 3.72. The minimum Gasteiger partial charge on any atom is -0.369 e. The molecule has 21 heavy (non-hydrogen) atoms. The van der Waals surface area contributed by atoms with E-state index in [4.69, 9.17) is 23.2 Å². The second-order valence-corrected chi connectivity index (χ2v) is 5.46. The highest BCUT2D eigenvalue weighted by molar-refractivity contribution is 6.37. The zero-order chi connectivity index (χ0) is 14.8. The Morgan fingerprint density at radius 3 is 2.90 bits per heavy atom. The molecule has 0 aliphatic rings. The second kappa shape index (κ2) is 5.92. The van der Waals surface area contributed by atoms with Gasteiger partial charge in [-0.2, -0.15) is 0 Å². The Morgan fingerprint density at radius 1 is 1.24 bits per heavy atom. The number of hydrogen-bond donors (Lipinski definition) is 1. The molecule has 0 aromatic carbocycles. The van der Waals surface area contributed by atoms with Gasteiger partial charge in [0.2, 0.25) is 0 Å². The molecule has 0 saturated carbocycles. The van der Waals surface area contributed by atoms with Crippen LogP contribution in [0, 0.1) is 0 Å². The zero-order valence-electron chi connectivity index (χ0n) is 11.5. The number of nitrogens with one attached hydrogen (secondary N) is 1. The number of hydrogen-bond acceptors (Lipinski definition) is 3. The summed E-state index contributed by atoms with van der Waals surface area (Å²) in [5.41, 5.74) is 2.41. The zero-order valence-corrected chi connectivity index (χ0v) is 13.0. The summed E-state index contributed by atoms with van der Waals surface area (Å²) in [4.78, 5) is 8.86. The Morgan fingerprint density at radius 2 is 2.10 bits per heavy atom. The number of halogens is 2. The Bertz CT molecular complexity index is 782. The van der Waals surface area contributed by atoms with Crippen LogP contribution in [-0.2, 0) is 0 Å². The topological polar surface area (TPSA) is 42.2 Å². The first-order valence-corrected chi connectivity index (χ1v) is 7.48. The van der Waals surface area contributed by atoms with E-state index in [-0.39, 0.29) is 0 Å². The van der Waals surface area contributed by atoms with Gasteiger partial charge in [0.25, 0.3) is 0 Å². The van der Waals surface area contributed by atoms with E-state index in [1.165, 1.54) is 0 Å². The van der Waals surface area contributed by atoms with Gasteiger partial charge in [-0.3, -0.25) is 4.40 Å². The standard InChI is InChI=1S/C15H14Cl2N4/c1-2-6-19-15-11(17)9-10(16)14(20-15)12-4-3-5-13-18-7-8-21(12)13/h3-5,7-9H,2,6H2,1H3,(H,19,20). The van der Waals surface area contributed by atoms with Gasteiger partial charge in [-0.15, -0.1) is 0 Å². The van der Waals surface area contributed by atoms with Gasteiger partial charge in [0.15, 0.2) is 0 Å². The molecule has 3 rings (SSSR count). The quantitative estimate of drug-likeness (QED) is 0.768. The van der Waals surface area contributed by atoms with Crippen molar-refractivity contribution in [3.8, 4) is 11.4 Å². The molecule has 0 radical (unpaired) electrons. The number of fused-ring (bicyclic) bond motifs is 1. The molecule has 0 amide bonds. The first-order chi connectivity index (χ1) is 10.2. The molecule has 6 heteroatoms. The van der Waals surface area contributed by atoms with E-state index >= 15 is 0 Å². The van der Waals surface area contributed by atoms with Crippen LogP contribution < -0.4 is 5.32 Å². The van der Waals surface area contributed by atoms with Gasteiger partial charge in [-0.05, 0) is 24.6 Å². The molecule has 3 heterocycles. The Labute approximate surface area is 132 Å². The molecule has 0 atom stereocenters. The molecule has 3 aromatic rings. The van der Waals surface area contributed by atoms with Crippen molar-refractivity contribution < 1.29 is 0 Å². The van der Waals surface area contributed by atoms with Crippen molar-refractivity contribution in [2.75, 3.05) is 11.9 Å². The van der Waals surface area contributed by atoms with Crippen molar-refractivity contribution >= 4 is 34.7 Å². The molecule has 108 valence electrons. The van der Waals surface area contributed by atoms with Crippen LogP contribution in [0.4, 0.5) is 5.82 Å². The van der Waals surface area contributed by atoms with Crippen LogP contribution >= 0.6 is 23.2 Å². The molecule has 0 aliphatic heterocycles. The average molecular weight is 321 g/mol. The summed E-state index contributed by atoms with van der Waals surface area (Å²) in [5, 5.41) is 4.26. The van der Waals surface area contributed by atoms with Crippen molar-refractivity contribution in [3.05, 3.63) is 46.7 Å². The summed E-state index contributed by atoms with van der Waals surface area (Å²) >= 11 is 12.5. The molecule has 4 nitrogen and oxygen atoms in total. The lowest BCUT2D eigenvalue weighted by molar-refractivity contribution is 0.969. The van der Waals surface area contributed by atoms with E-state index < -0.39 is 0 Å². The number of imidazole rings is 1. The Hall–Kier alpha value is -1.78. The monoisotopic (exact) mass is 320 g/mol. The molecule has 0 aliphatic carbocycles. The number of rotatable bonds is 4. The summed E-state index contributed by atoms with van der Waals surface area (Å²) in [6.45, 7) is 2.90. The van der Waals surface area contributed by atoms with Crippen LogP contribution in [0.1, 0.15) is 13.3 Å². The number of nitrogens with zero attached hydrogens (tertiary/aromatic N) is 3. The van der Waals surface area contributed by atoms with Gasteiger partial charge in [0.1, 0.15) is 17.2 Å². The fourth-order valence-electron chi connectivity index (χ4n) is 2.15. The lowest BCUT2D eigenvalue weighted by atomic mass is 10.2. The molecule has 1 N–H and O–H groups in total. The molecule has 0 fully saturated rings. The van der Waals surface area contributed by atoms with Gasteiger partial charge in [0.05, 0.1) is 15.7 Å². The van der Waals surface area contributed by atoms with Gasteiger partial charge in [0, 0.05) is 18.9 Å². The number of pyridine rings is 2. The van der Waals surface area contributed by atoms with Crippen LogP contribution in [0.5, 0.6) is 0 Å². The average Bonchev–Trinajstić information content (AvgIpc) is 2.95. The largest absolute Gasteiger partial charge is 0.369 e. The lowest BCUT2D eigenvalue weighted by Gasteiger charge is -2.12. The van der Waals surface area contributed by atoms with Crippen molar-refractivity contribution in [2.24, 2.45) is 0 Å². The summed E-state index contributed by atoms with van der Waals surface area (Å²) < 4.78 is 1.95. The fraction of sp³-hybridized carbons (Fsp3) is 0.200. The van der Waals surface area contributed by atoms with E-state index in [2.05, 4.69) is 22.2 Å². The minimum absolute atomic E-state index is 0.517. The van der Waals surface area contributed by atoms with Gasteiger partial charge >= 0.3 is 0 Å². The van der Waals surface area contributed by atoms with Crippen LogP contribution in [0.25, 0.3) is 17.0 Å². The maximum atomic E-state index is 6.33. The van der Waals surface area contributed by atoms with Crippen LogP contribution in [-0.4, -0.2) is 20.9 Å². The minimum atomic E-state index is 0.517. The molecular formula is C15H14Cl2N4. The van der Waals surface area contributed by atoms with Gasteiger partial charge in [-0.25, -0.2) is 9.97 Å². The van der Waals surface area contributed by atoms with Crippen LogP contribution in [0.3, 0.4) is 0 Å². The highest BCUT2D eigenvalue weighted by Gasteiger charge is 2.13. The van der Waals surface area contributed by atoms with Crippen molar-refractivity contribution in [3.63, 3.8) is 0 Å². The van der Waals surface area contributed by atoms with Gasteiger partial charge < -0.3 is 5.32 Å². The van der Waals surface area contributed by atoms with Crippen molar-refractivity contribution in [1.82, 2.24) is 14.4 Å². The SMILES string of the molecule is CCCNc1nc(-c2cccc3nccn23)c(Cl)cc1Cl. The predicted octanol–water partition coefficient (Wildman–Crippen LogP) is 4.53. The summed E-state index contributed by atoms with van der Waals surface area (Å²) in [7, 11) is 0. The first-order valence-electron chi connectivity index (χ1n) is 6.73. The van der Waals surface area contributed by atoms with E-state index in [0.29, 0.717) is 21.6 Å². The van der Waals surface area contributed by atoms with Gasteiger partial charge in [-0.1, -0.05) is 36.2 Å². The summed E-state index contributed by atoms with van der Waals surface area (Å²) in [6, 6.07) is 7.55. The number of anilines is 1. The van der Waals surface area contributed by atoms with Crippen molar-refractivity contribution in [2.45, 2.75) is 13.3 Å². The third kappa shape index (κ3) is 2.69. The van der Waals surface area contributed by atoms with E-state index in [1.807, 2.05) is 28.8 Å². The summed E-state index contributed by atoms with van der Waals surface area (Å²) in [5.74, 6) is 0.648. The van der Waals surface area contributed by atoms with E-state index in [9.17, 15) is 0 Å². The normalized spacial score (nSPS) is 11.0. The van der Waals surface area contributed by atoms with Crippen LogP contribution in [0.2, 0.25) is 10.0 Å². The third-order valence-electron chi connectivity index (χ3n) is 3.14.